The lowest BCUT2D eigenvalue weighted by Gasteiger charge is -2.43. The van der Waals surface area contributed by atoms with E-state index in [1.807, 2.05) is 6.07 Å². The van der Waals surface area contributed by atoms with Crippen molar-refractivity contribution in [3.05, 3.63) is 60.4 Å². The molecule has 4 rings (SSSR count). The van der Waals surface area contributed by atoms with Gasteiger partial charge in [-0.2, -0.15) is 4.31 Å². The van der Waals surface area contributed by atoms with E-state index in [1.165, 1.54) is 10.5 Å². The molecule has 1 saturated carbocycles. The van der Waals surface area contributed by atoms with Crippen molar-refractivity contribution in [3.8, 4) is 0 Å². The fourth-order valence-electron chi connectivity index (χ4n) is 4.99. The van der Waals surface area contributed by atoms with Gasteiger partial charge < -0.3 is 11.1 Å². The van der Waals surface area contributed by atoms with E-state index < -0.39 is 22.0 Å². The van der Waals surface area contributed by atoms with Crippen molar-refractivity contribution in [2.45, 2.75) is 42.7 Å². The fourth-order valence-corrected chi connectivity index (χ4v) is 6.38. The normalized spacial score (nSPS) is 23.2. The summed E-state index contributed by atoms with van der Waals surface area (Å²) in [6.07, 6.45) is 6.46. The molecule has 0 spiro atoms. The Morgan fingerprint density at radius 1 is 1.00 bits per heavy atom. The molecular formula is C24H31N5O4S. The number of amides is 2. The number of hydrogen-bond acceptors (Lipinski definition) is 6. The molecule has 2 unspecified atom stereocenters. The second kappa shape index (κ2) is 10.6. The van der Waals surface area contributed by atoms with Gasteiger partial charge in [-0.3, -0.25) is 19.5 Å². The molecule has 10 heteroatoms. The molecule has 0 bridgehead atoms. The first-order valence-corrected chi connectivity index (χ1v) is 13.1. The van der Waals surface area contributed by atoms with Crippen LogP contribution in [0.2, 0.25) is 0 Å². The molecule has 2 amide bonds. The highest BCUT2D eigenvalue weighted by molar-refractivity contribution is 7.89. The van der Waals surface area contributed by atoms with E-state index in [0.717, 1.165) is 25.7 Å². The van der Waals surface area contributed by atoms with Gasteiger partial charge in [0.25, 0.3) is 0 Å². The Labute approximate surface area is 200 Å². The van der Waals surface area contributed by atoms with Gasteiger partial charge in [-0.1, -0.05) is 43.2 Å². The van der Waals surface area contributed by atoms with Crippen molar-refractivity contribution in [3.63, 3.8) is 0 Å². The third kappa shape index (κ3) is 5.29. The Morgan fingerprint density at radius 2 is 1.71 bits per heavy atom. The van der Waals surface area contributed by atoms with Crippen LogP contribution in [0.3, 0.4) is 0 Å². The number of carbonyl (C=O) groups excluding carboxylic acids is 2. The summed E-state index contributed by atoms with van der Waals surface area (Å²) in [7, 11) is -3.59. The Balaban J connectivity index is 1.42. The Morgan fingerprint density at radius 3 is 2.35 bits per heavy atom. The van der Waals surface area contributed by atoms with Crippen LogP contribution in [0.25, 0.3) is 0 Å². The summed E-state index contributed by atoms with van der Waals surface area (Å²) in [5, 5.41) is 2.87. The lowest BCUT2D eigenvalue weighted by atomic mass is 9.82. The highest BCUT2D eigenvalue weighted by atomic mass is 32.2. The average molecular weight is 486 g/mol. The molecule has 1 aromatic heterocycles. The molecule has 2 aromatic rings. The number of nitrogens with two attached hydrogens (primary N) is 1. The van der Waals surface area contributed by atoms with E-state index in [-0.39, 0.29) is 22.8 Å². The zero-order valence-corrected chi connectivity index (χ0v) is 19.9. The number of rotatable bonds is 7. The number of pyridine rings is 1. The highest BCUT2D eigenvalue weighted by Gasteiger charge is 2.39. The van der Waals surface area contributed by atoms with Crippen molar-refractivity contribution >= 4 is 21.8 Å². The fraction of sp³-hybridized carbons (Fsp3) is 0.458. The minimum Gasteiger partial charge on any atom is -0.368 e. The van der Waals surface area contributed by atoms with E-state index in [1.54, 1.807) is 42.6 Å². The van der Waals surface area contributed by atoms with Crippen LogP contribution in [0.5, 0.6) is 0 Å². The standard InChI is InChI=1S/C24H31N5O4S/c25-23(30)22(18-7-2-1-3-8-18)27-24(31)20-10-4-5-11-21(20)28-13-15-29(16-14-28)34(32,33)19-9-6-12-26-17-19/h1-3,6-9,12,17,20-22H,4-5,10-11,13-16H2,(H2,25,30)(H,27,31)/t20?,21?,22-/m0/s1. The van der Waals surface area contributed by atoms with Crippen LogP contribution >= 0.6 is 0 Å². The van der Waals surface area contributed by atoms with Gasteiger partial charge in [-0.05, 0) is 30.5 Å². The van der Waals surface area contributed by atoms with Crippen LogP contribution in [0.1, 0.15) is 37.3 Å². The molecule has 1 aliphatic heterocycles. The first-order valence-electron chi connectivity index (χ1n) is 11.7. The van der Waals surface area contributed by atoms with Gasteiger partial charge in [0.15, 0.2) is 0 Å². The Bertz CT molecular complexity index is 1090. The third-order valence-corrected chi connectivity index (χ3v) is 8.67. The van der Waals surface area contributed by atoms with Gasteiger partial charge in [-0.15, -0.1) is 0 Å². The van der Waals surface area contributed by atoms with Crippen molar-refractivity contribution in [1.82, 2.24) is 19.5 Å². The molecule has 0 radical (unpaired) electrons. The smallest absolute Gasteiger partial charge is 0.244 e. The maximum absolute atomic E-state index is 13.3. The molecule has 2 aliphatic rings. The molecule has 3 N–H and O–H groups in total. The van der Waals surface area contributed by atoms with E-state index in [0.29, 0.717) is 31.7 Å². The number of hydrogen-bond donors (Lipinski definition) is 2. The molecule has 3 atom stereocenters. The Kier molecular flexibility index (Phi) is 7.60. The topological polar surface area (TPSA) is 126 Å². The third-order valence-electron chi connectivity index (χ3n) is 6.78. The lowest BCUT2D eigenvalue weighted by Crippen LogP contribution is -2.56. The largest absolute Gasteiger partial charge is 0.368 e. The summed E-state index contributed by atoms with van der Waals surface area (Å²) >= 11 is 0. The summed E-state index contributed by atoms with van der Waals surface area (Å²) in [4.78, 5) is 31.7. The van der Waals surface area contributed by atoms with Gasteiger partial charge in [0.05, 0.1) is 5.92 Å². The van der Waals surface area contributed by atoms with Gasteiger partial charge in [0.1, 0.15) is 10.9 Å². The first-order chi connectivity index (χ1) is 16.4. The summed E-state index contributed by atoms with van der Waals surface area (Å²) in [5.74, 6) is -1.05. The zero-order chi connectivity index (χ0) is 24.1. The number of piperazine rings is 1. The second-order valence-electron chi connectivity index (χ2n) is 8.84. The summed E-state index contributed by atoms with van der Waals surface area (Å²) in [6, 6.07) is 11.3. The van der Waals surface area contributed by atoms with Gasteiger partial charge in [-0.25, -0.2) is 8.42 Å². The SMILES string of the molecule is NC(=O)[C@@H](NC(=O)C1CCCCC1N1CCN(S(=O)(=O)c2cccnc2)CC1)c1ccccc1. The van der Waals surface area contributed by atoms with Crippen LogP contribution < -0.4 is 11.1 Å². The molecular weight excluding hydrogens is 454 g/mol. The minimum atomic E-state index is -3.59. The van der Waals surface area contributed by atoms with Crippen molar-refractivity contribution < 1.29 is 18.0 Å². The molecule has 34 heavy (non-hydrogen) atoms. The molecule has 1 aliphatic carbocycles. The van der Waals surface area contributed by atoms with Crippen molar-refractivity contribution in [2.24, 2.45) is 11.7 Å². The molecule has 182 valence electrons. The van der Waals surface area contributed by atoms with E-state index in [4.69, 9.17) is 5.73 Å². The van der Waals surface area contributed by atoms with Crippen LogP contribution in [-0.4, -0.2) is 66.6 Å². The highest BCUT2D eigenvalue weighted by Crippen LogP contribution is 2.31. The predicted octanol–water partition coefficient (Wildman–Crippen LogP) is 1.29. The Hall–Kier alpha value is -2.82. The van der Waals surface area contributed by atoms with Crippen LogP contribution in [0, 0.1) is 5.92 Å². The maximum atomic E-state index is 13.3. The average Bonchev–Trinajstić information content (AvgIpc) is 2.88. The number of sulfonamides is 1. The maximum Gasteiger partial charge on any atom is 0.244 e. The number of nitrogens with one attached hydrogen (secondary N) is 1. The summed E-state index contributed by atoms with van der Waals surface area (Å²) in [6.45, 7) is 1.81. The minimum absolute atomic E-state index is 0.00120. The molecule has 9 nitrogen and oxygen atoms in total. The second-order valence-corrected chi connectivity index (χ2v) is 10.8. The number of carbonyl (C=O) groups is 2. The molecule has 1 saturated heterocycles. The van der Waals surface area contributed by atoms with Gasteiger partial charge >= 0.3 is 0 Å². The molecule has 2 fully saturated rings. The lowest BCUT2D eigenvalue weighted by molar-refractivity contribution is -0.133. The number of primary amides is 1. The quantitative estimate of drug-likeness (QED) is 0.609. The van der Waals surface area contributed by atoms with Crippen LogP contribution in [-0.2, 0) is 19.6 Å². The van der Waals surface area contributed by atoms with E-state index in [9.17, 15) is 18.0 Å². The van der Waals surface area contributed by atoms with E-state index in [2.05, 4.69) is 15.2 Å². The molecule has 2 heterocycles. The monoisotopic (exact) mass is 485 g/mol. The number of benzene rings is 1. The van der Waals surface area contributed by atoms with Crippen LogP contribution in [0.4, 0.5) is 0 Å². The van der Waals surface area contributed by atoms with Crippen molar-refractivity contribution in [2.75, 3.05) is 26.2 Å². The molecule has 1 aromatic carbocycles. The first kappa shape index (κ1) is 24.3. The number of aromatic nitrogens is 1. The zero-order valence-electron chi connectivity index (χ0n) is 19.0. The van der Waals surface area contributed by atoms with Gasteiger partial charge in [0.2, 0.25) is 21.8 Å². The van der Waals surface area contributed by atoms with Gasteiger partial charge in [0, 0.05) is 44.6 Å². The number of nitrogens with zero attached hydrogens (tertiary/aromatic N) is 3. The van der Waals surface area contributed by atoms with Crippen molar-refractivity contribution in [1.29, 1.82) is 0 Å². The summed E-state index contributed by atoms with van der Waals surface area (Å²) < 4.78 is 27.3. The van der Waals surface area contributed by atoms with Crippen LogP contribution in [0.15, 0.2) is 59.8 Å². The predicted molar refractivity (Wildman–Crippen MR) is 127 cm³/mol. The summed E-state index contributed by atoms with van der Waals surface area (Å²) in [5.41, 5.74) is 6.25. The van der Waals surface area contributed by atoms with E-state index >= 15 is 0 Å².